The number of carbonyl (C=O) groups is 1. The molecule has 0 aliphatic carbocycles. The first-order chi connectivity index (χ1) is 9.47. The third kappa shape index (κ3) is 3.65. The van der Waals surface area contributed by atoms with Gasteiger partial charge in [-0.25, -0.2) is 13.6 Å². The Hall–Kier alpha value is -2.19. The van der Waals surface area contributed by atoms with Gasteiger partial charge in [0.05, 0.1) is 0 Å². The van der Waals surface area contributed by atoms with Crippen LogP contribution in [0.2, 0.25) is 0 Å². The molecule has 0 aliphatic heterocycles. The highest BCUT2D eigenvalue weighted by Gasteiger charge is 2.17. The maximum absolute atomic E-state index is 11.7. The van der Waals surface area contributed by atoms with E-state index in [2.05, 4.69) is 10.3 Å². The minimum Gasteiger partial charge on any atom is -0.438 e. The van der Waals surface area contributed by atoms with Crippen molar-refractivity contribution in [3.8, 4) is 0 Å². The van der Waals surface area contributed by atoms with Gasteiger partial charge in [0.1, 0.15) is 0 Å². The quantitative estimate of drug-likeness (QED) is 0.822. The number of aromatic nitrogens is 1. The molecular weight excluding hydrogens is 282 g/mol. The van der Waals surface area contributed by atoms with Gasteiger partial charge in [-0.15, -0.1) is 0 Å². The van der Waals surface area contributed by atoms with E-state index in [9.17, 15) is 13.2 Å². The molecule has 20 heavy (non-hydrogen) atoms. The number of nitrogens with two attached hydrogens (primary N) is 1. The van der Waals surface area contributed by atoms with Crippen LogP contribution in [0.5, 0.6) is 0 Å². The summed E-state index contributed by atoms with van der Waals surface area (Å²) in [6.45, 7) is 0.397. The molecule has 0 saturated heterocycles. The summed E-state index contributed by atoms with van der Waals surface area (Å²) in [6, 6.07) is 6.10. The normalized spacial score (nSPS) is 11.2. The summed E-state index contributed by atoms with van der Waals surface area (Å²) < 4.78 is 26.9. The van der Waals surface area contributed by atoms with Gasteiger partial charge in [0, 0.05) is 18.9 Å². The van der Waals surface area contributed by atoms with Crippen molar-refractivity contribution in [2.24, 2.45) is 5.14 Å². The summed E-state index contributed by atoms with van der Waals surface area (Å²) in [5.74, 6) is -0.585. The van der Waals surface area contributed by atoms with E-state index in [4.69, 9.17) is 9.56 Å². The lowest BCUT2D eigenvalue weighted by molar-refractivity contribution is 0.0921. The second kappa shape index (κ2) is 5.85. The van der Waals surface area contributed by atoms with Crippen LogP contribution >= 0.6 is 0 Å². The summed E-state index contributed by atoms with van der Waals surface area (Å²) in [6.07, 6.45) is 3.97. The Morgan fingerprint density at radius 1 is 1.25 bits per heavy atom. The Bertz CT molecular complexity index is 695. The van der Waals surface area contributed by atoms with Crippen molar-refractivity contribution in [2.75, 3.05) is 6.54 Å². The molecule has 0 saturated carbocycles. The predicted octanol–water partition coefficient (Wildman–Crippen LogP) is 0.294. The van der Waals surface area contributed by atoms with Gasteiger partial charge in [-0.2, -0.15) is 0 Å². The van der Waals surface area contributed by atoms with Gasteiger partial charge in [0.25, 0.3) is 15.9 Å². The molecule has 1 amide bonds. The number of carbonyl (C=O) groups excluding carboxylic acids is 1. The van der Waals surface area contributed by atoms with Crippen molar-refractivity contribution < 1.29 is 17.6 Å². The Morgan fingerprint density at radius 2 is 1.95 bits per heavy atom. The molecular formula is C12H13N3O4S. The molecule has 2 rings (SSSR count). The van der Waals surface area contributed by atoms with Crippen LogP contribution in [0.25, 0.3) is 0 Å². The van der Waals surface area contributed by atoms with E-state index in [0.717, 1.165) is 11.6 Å². The summed E-state index contributed by atoms with van der Waals surface area (Å²) >= 11 is 0. The number of amides is 1. The number of hydrogen-bond acceptors (Lipinski definition) is 5. The van der Waals surface area contributed by atoms with Crippen molar-refractivity contribution in [1.82, 2.24) is 10.3 Å². The third-order valence-electron chi connectivity index (χ3n) is 2.53. The Labute approximate surface area is 115 Å². The van der Waals surface area contributed by atoms with Gasteiger partial charge in [0.15, 0.2) is 5.76 Å². The molecule has 0 unspecified atom stereocenters. The van der Waals surface area contributed by atoms with E-state index in [1.807, 2.05) is 12.1 Å². The average molecular weight is 295 g/mol. The van der Waals surface area contributed by atoms with Crippen LogP contribution in [0.3, 0.4) is 0 Å². The molecule has 0 bridgehead atoms. The van der Waals surface area contributed by atoms with Crippen LogP contribution in [0.1, 0.15) is 16.1 Å². The van der Waals surface area contributed by atoms with Crippen molar-refractivity contribution in [3.63, 3.8) is 0 Å². The number of sulfonamides is 1. The summed E-state index contributed by atoms with van der Waals surface area (Å²) in [5, 5.41) is 7.08. The molecule has 106 valence electrons. The molecule has 0 spiro atoms. The molecule has 8 heteroatoms. The van der Waals surface area contributed by atoms with E-state index < -0.39 is 21.0 Å². The summed E-state index contributed by atoms with van der Waals surface area (Å²) in [4.78, 5) is 15.6. The van der Waals surface area contributed by atoms with E-state index in [-0.39, 0.29) is 5.76 Å². The molecule has 2 heterocycles. The fraction of sp³-hybridized carbons (Fsp3) is 0.167. The van der Waals surface area contributed by atoms with Gasteiger partial charge >= 0.3 is 0 Å². The van der Waals surface area contributed by atoms with Gasteiger partial charge in [-0.1, -0.05) is 0 Å². The monoisotopic (exact) mass is 295 g/mol. The first-order valence-corrected chi connectivity index (χ1v) is 7.31. The lowest BCUT2D eigenvalue weighted by Crippen LogP contribution is -2.25. The van der Waals surface area contributed by atoms with E-state index in [1.165, 1.54) is 6.07 Å². The Morgan fingerprint density at radius 3 is 2.55 bits per heavy atom. The summed E-state index contributed by atoms with van der Waals surface area (Å²) in [7, 11) is -3.93. The zero-order chi connectivity index (χ0) is 14.6. The van der Waals surface area contributed by atoms with Crippen LogP contribution in [0, 0.1) is 0 Å². The first-order valence-electron chi connectivity index (χ1n) is 5.76. The maximum atomic E-state index is 11.7. The number of hydrogen-bond donors (Lipinski definition) is 2. The van der Waals surface area contributed by atoms with Crippen molar-refractivity contribution >= 4 is 15.9 Å². The molecule has 0 aromatic carbocycles. The second-order valence-corrected chi connectivity index (χ2v) is 5.52. The summed E-state index contributed by atoms with van der Waals surface area (Å²) in [5.41, 5.74) is 1.03. The van der Waals surface area contributed by atoms with Crippen LogP contribution in [-0.4, -0.2) is 25.9 Å². The third-order valence-corrected chi connectivity index (χ3v) is 3.31. The number of nitrogens with zero attached hydrogens (tertiary/aromatic N) is 1. The maximum Gasteiger partial charge on any atom is 0.287 e. The van der Waals surface area contributed by atoms with Gasteiger partial charge in [-0.3, -0.25) is 9.78 Å². The van der Waals surface area contributed by atoms with E-state index in [1.54, 1.807) is 12.4 Å². The smallest absolute Gasteiger partial charge is 0.287 e. The molecule has 2 aromatic heterocycles. The zero-order valence-corrected chi connectivity index (χ0v) is 11.3. The Balaban J connectivity index is 1.91. The van der Waals surface area contributed by atoms with Gasteiger partial charge in [-0.05, 0) is 36.2 Å². The number of nitrogens with one attached hydrogen (secondary N) is 1. The lowest BCUT2D eigenvalue weighted by Gasteiger charge is -2.03. The van der Waals surface area contributed by atoms with Crippen molar-refractivity contribution in [2.45, 2.75) is 11.5 Å². The molecule has 7 nitrogen and oxygen atoms in total. The zero-order valence-electron chi connectivity index (χ0n) is 10.4. The van der Waals surface area contributed by atoms with Crippen LogP contribution in [0.4, 0.5) is 0 Å². The van der Waals surface area contributed by atoms with Gasteiger partial charge in [0.2, 0.25) is 5.09 Å². The van der Waals surface area contributed by atoms with Crippen LogP contribution in [-0.2, 0) is 16.4 Å². The van der Waals surface area contributed by atoms with E-state index >= 15 is 0 Å². The van der Waals surface area contributed by atoms with Crippen LogP contribution in [0.15, 0.2) is 46.2 Å². The molecule has 0 radical (unpaired) electrons. The standard InChI is InChI=1S/C12H13N3O4S/c13-20(17,18)11-2-1-10(19-11)12(16)15-8-5-9-3-6-14-7-4-9/h1-4,6-7H,5,8H2,(H,15,16)(H2,13,17,18). The van der Waals surface area contributed by atoms with E-state index in [0.29, 0.717) is 13.0 Å². The number of rotatable bonds is 5. The van der Waals surface area contributed by atoms with Crippen molar-refractivity contribution in [1.29, 1.82) is 0 Å². The van der Waals surface area contributed by atoms with Gasteiger partial charge < -0.3 is 9.73 Å². The topological polar surface area (TPSA) is 115 Å². The molecule has 0 aliphatic rings. The van der Waals surface area contributed by atoms with Crippen LogP contribution < -0.4 is 10.5 Å². The number of pyridine rings is 1. The fourth-order valence-corrected chi connectivity index (χ4v) is 2.02. The number of furan rings is 1. The predicted molar refractivity (Wildman–Crippen MR) is 70.4 cm³/mol. The fourth-order valence-electron chi connectivity index (χ4n) is 1.55. The highest BCUT2D eigenvalue weighted by atomic mass is 32.2. The first kappa shape index (κ1) is 14.2. The number of primary sulfonamides is 1. The van der Waals surface area contributed by atoms with Crippen molar-refractivity contribution in [3.05, 3.63) is 48.0 Å². The Kier molecular flexibility index (Phi) is 4.16. The highest BCUT2D eigenvalue weighted by molar-refractivity contribution is 7.89. The minimum atomic E-state index is -3.93. The molecule has 3 N–H and O–H groups in total. The SMILES string of the molecule is NS(=O)(=O)c1ccc(C(=O)NCCc2ccncc2)o1. The molecule has 0 atom stereocenters. The second-order valence-electron chi connectivity index (χ2n) is 4.03. The average Bonchev–Trinajstić information content (AvgIpc) is 2.89. The molecule has 2 aromatic rings. The largest absolute Gasteiger partial charge is 0.438 e. The lowest BCUT2D eigenvalue weighted by atomic mass is 10.2. The highest BCUT2D eigenvalue weighted by Crippen LogP contribution is 2.11. The molecule has 0 fully saturated rings. The minimum absolute atomic E-state index is 0.0937.